The molecule has 3 nitrogen and oxygen atoms in total. The standard InChI is InChI=1S/C9H14O3/c1-2-3-4-5-8(11)9(12)6-7-10/h6-7,12H,2-5H2,1H3/b9-6-. The predicted octanol–water partition coefficient (Wildman–Crippen LogP) is 1.78. The van der Waals surface area contributed by atoms with E-state index in [-0.39, 0.29) is 5.78 Å². The van der Waals surface area contributed by atoms with E-state index in [1.165, 1.54) is 0 Å². The first kappa shape index (κ1) is 10.9. The van der Waals surface area contributed by atoms with E-state index in [2.05, 4.69) is 0 Å². The normalized spacial score (nSPS) is 11.2. The molecule has 0 aliphatic heterocycles. The van der Waals surface area contributed by atoms with E-state index >= 15 is 0 Å². The molecule has 0 aromatic rings. The van der Waals surface area contributed by atoms with Gasteiger partial charge in [0.15, 0.2) is 11.5 Å². The van der Waals surface area contributed by atoms with Crippen LogP contribution in [-0.2, 0) is 9.59 Å². The topological polar surface area (TPSA) is 54.4 Å². The van der Waals surface area contributed by atoms with Gasteiger partial charge in [-0.3, -0.25) is 9.59 Å². The van der Waals surface area contributed by atoms with E-state index in [4.69, 9.17) is 5.11 Å². The number of unbranched alkanes of at least 4 members (excludes halogenated alkanes) is 2. The van der Waals surface area contributed by atoms with Crippen molar-refractivity contribution >= 4 is 12.1 Å². The third-order valence-electron chi connectivity index (χ3n) is 1.52. The lowest BCUT2D eigenvalue weighted by atomic mass is 10.1. The quantitative estimate of drug-likeness (QED) is 0.286. The molecule has 0 aliphatic carbocycles. The summed E-state index contributed by atoms with van der Waals surface area (Å²) in [5, 5.41) is 8.90. The van der Waals surface area contributed by atoms with Gasteiger partial charge in [-0.05, 0) is 6.42 Å². The van der Waals surface area contributed by atoms with Gasteiger partial charge in [0.25, 0.3) is 0 Å². The van der Waals surface area contributed by atoms with Crippen molar-refractivity contribution in [2.24, 2.45) is 0 Å². The zero-order valence-corrected chi connectivity index (χ0v) is 7.25. The number of hydrogen-bond acceptors (Lipinski definition) is 3. The fourth-order valence-electron chi connectivity index (χ4n) is 0.821. The number of aldehydes is 1. The largest absolute Gasteiger partial charge is 0.504 e. The predicted molar refractivity (Wildman–Crippen MR) is 45.9 cm³/mol. The lowest BCUT2D eigenvalue weighted by Gasteiger charge is -1.96. The van der Waals surface area contributed by atoms with Crippen LogP contribution in [0.15, 0.2) is 11.8 Å². The maximum atomic E-state index is 10.9. The number of carbonyl (C=O) groups is 2. The Balaban J connectivity index is 3.72. The van der Waals surface area contributed by atoms with Crippen LogP contribution in [0.2, 0.25) is 0 Å². The van der Waals surface area contributed by atoms with E-state index in [9.17, 15) is 9.59 Å². The maximum absolute atomic E-state index is 10.9. The Morgan fingerprint density at radius 3 is 2.58 bits per heavy atom. The van der Waals surface area contributed by atoms with Gasteiger partial charge >= 0.3 is 0 Å². The van der Waals surface area contributed by atoms with Gasteiger partial charge < -0.3 is 5.11 Å². The zero-order valence-electron chi connectivity index (χ0n) is 7.25. The van der Waals surface area contributed by atoms with Crippen molar-refractivity contribution in [3.05, 3.63) is 11.8 Å². The van der Waals surface area contributed by atoms with Crippen LogP contribution in [-0.4, -0.2) is 17.2 Å². The van der Waals surface area contributed by atoms with Crippen LogP contribution < -0.4 is 0 Å². The number of hydrogen-bond donors (Lipinski definition) is 1. The number of allylic oxidation sites excluding steroid dienone is 2. The van der Waals surface area contributed by atoms with Crippen molar-refractivity contribution < 1.29 is 14.7 Å². The summed E-state index contributed by atoms with van der Waals surface area (Å²) < 4.78 is 0. The number of carbonyl (C=O) groups excluding carboxylic acids is 2. The van der Waals surface area contributed by atoms with Gasteiger partial charge in [-0.2, -0.15) is 0 Å². The molecule has 1 N–H and O–H groups in total. The summed E-state index contributed by atoms with van der Waals surface area (Å²) in [4.78, 5) is 20.8. The summed E-state index contributed by atoms with van der Waals surface area (Å²) >= 11 is 0. The Hall–Kier alpha value is -1.12. The maximum Gasteiger partial charge on any atom is 0.197 e. The average molecular weight is 170 g/mol. The summed E-state index contributed by atoms with van der Waals surface area (Å²) in [5.41, 5.74) is 0. The molecule has 0 saturated heterocycles. The number of Topliss-reactive ketones (excluding diaryl/α,β-unsaturated/α-hetero) is 1. The van der Waals surface area contributed by atoms with E-state index in [0.717, 1.165) is 25.3 Å². The summed E-state index contributed by atoms with van der Waals surface area (Å²) in [6.45, 7) is 2.03. The highest BCUT2D eigenvalue weighted by molar-refractivity contribution is 5.95. The van der Waals surface area contributed by atoms with Crippen molar-refractivity contribution in [2.45, 2.75) is 32.6 Å². The summed E-state index contributed by atoms with van der Waals surface area (Å²) in [6.07, 6.45) is 4.39. The molecular formula is C9H14O3. The monoisotopic (exact) mass is 170 g/mol. The Bertz CT molecular complexity index is 182. The molecule has 0 spiro atoms. The van der Waals surface area contributed by atoms with E-state index in [1.54, 1.807) is 0 Å². The third kappa shape index (κ3) is 4.66. The summed E-state index contributed by atoms with van der Waals surface area (Å²) in [5.74, 6) is -0.781. The molecule has 0 aromatic heterocycles. The average Bonchev–Trinajstić information content (AvgIpc) is 2.05. The highest BCUT2D eigenvalue weighted by Gasteiger charge is 2.05. The Morgan fingerprint density at radius 1 is 1.42 bits per heavy atom. The smallest absolute Gasteiger partial charge is 0.197 e. The summed E-state index contributed by atoms with van der Waals surface area (Å²) in [7, 11) is 0. The van der Waals surface area contributed by atoms with Gasteiger partial charge in [-0.25, -0.2) is 0 Å². The van der Waals surface area contributed by atoms with Gasteiger partial charge in [0.05, 0.1) is 0 Å². The van der Waals surface area contributed by atoms with Gasteiger partial charge in [0.2, 0.25) is 0 Å². The molecule has 0 heterocycles. The van der Waals surface area contributed by atoms with Crippen molar-refractivity contribution in [3.8, 4) is 0 Å². The Kier molecular flexibility index (Phi) is 5.97. The summed E-state index contributed by atoms with van der Waals surface area (Å²) in [6, 6.07) is 0. The molecule has 0 rings (SSSR count). The van der Waals surface area contributed by atoms with E-state index in [0.29, 0.717) is 12.7 Å². The fraction of sp³-hybridized carbons (Fsp3) is 0.556. The lowest BCUT2D eigenvalue weighted by molar-refractivity contribution is -0.118. The number of rotatable bonds is 6. The molecule has 0 aromatic carbocycles. The first-order valence-corrected chi connectivity index (χ1v) is 4.10. The van der Waals surface area contributed by atoms with E-state index in [1.807, 2.05) is 6.92 Å². The molecule has 0 bridgehead atoms. The van der Waals surface area contributed by atoms with Crippen LogP contribution in [0.3, 0.4) is 0 Å². The van der Waals surface area contributed by atoms with E-state index < -0.39 is 5.76 Å². The molecule has 0 saturated carbocycles. The second kappa shape index (κ2) is 6.58. The first-order valence-electron chi connectivity index (χ1n) is 4.10. The Morgan fingerprint density at radius 2 is 2.08 bits per heavy atom. The molecular weight excluding hydrogens is 156 g/mol. The molecule has 0 atom stereocenters. The first-order chi connectivity index (χ1) is 5.72. The number of aliphatic hydroxyl groups is 1. The van der Waals surface area contributed by atoms with Crippen molar-refractivity contribution in [1.82, 2.24) is 0 Å². The molecule has 0 fully saturated rings. The van der Waals surface area contributed by atoms with Gasteiger partial charge in [-0.15, -0.1) is 0 Å². The van der Waals surface area contributed by atoms with Crippen molar-refractivity contribution in [1.29, 1.82) is 0 Å². The molecule has 0 amide bonds. The second-order valence-corrected chi connectivity index (χ2v) is 2.57. The number of ketones is 1. The lowest BCUT2D eigenvalue weighted by Crippen LogP contribution is -2.01. The highest BCUT2D eigenvalue weighted by Crippen LogP contribution is 2.03. The molecule has 0 aliphatic rings. The minimum Gasteiger partial charge on any atom is -0.504 e. The zero-order chi connectivity index (χ0) is 9.40. The van der Waals surface area contributed by atoms with Gasteiger partial charge in [0.1, 0.15) is 6.29 Å². The van der Waals surface area contributed by atoms with Crippen LogP contribution in [0, 0.1) is 0 Å². The van der Waals surface area contributed by atoms with Crippen molar-refractivity contribution in [3.63, 3.8) is 0 Å². The molecule has 3 heteroatoms. The third-order valence-corrected chi connectivity index (χ3v) is 1.52. The second-order valence-electron chi connectivity index (χ2n) is 2.57. The highest BCUT2D eigenvalue weighted by atomic mass is 16.3. The molecule has 68 valence electrons. The van der Waals surface area contributed by atoms with Crippen LogP contribution in [0.25, 0.3) is 0 Å². The minimum absolute atomic E-state index is 0.323. The molecule has 12 heavy (non-hydrogen) atoms. The van der Waals surface area contributed by atoms with Crippen LogP contribution in [0.5, 0.6) is 0 Å². The van der Waals surface area contributed by atoms with Gasteiger partial charge in [0, 0.05) is 12.5 Å². The van der Waals surface area contributed by atoms with Gasteiger partial charge in [-0.1, -0.05) is 19.8 Å². The molecule has 0 unspecified atom stereocenters. The fourth-order valence-corrected chi connectivity index (χ4v) is 0.821. The van der Waals surface area contributed by atoms with Crippen molar-refractivity contribution in [2.75, 3.05) is 0 Å². The SMILES string of the molecule is CCCCCC(=O)/C(O)=C/C=O. The molecule has 0 radical (unpaired) electrons. The number of aliphatic hydroxyl groups excluding tert-OH is 1. The Labute approximate surface area is 72.1 Å². The minimum atomic E-state index is -0.430. The van der Waals surface area contributed by atoms with Crippen LogP contribution >= 0.6 is 0 Å². The van der Waals surface area contributed by atoms with Crippen LogP contribution in [0.4, 0.5) is 0 Å². The van der Waals surface area contributed by atoms with Crippen LogP contribution in [0.1, 0.15) is 32.6 Å².